The highest BCUT2D eigenvalue weighted by Crippen LogP contribution is 2.14. The molecule has 0 saturated carbocycles. The van der Waals surface area contributed by atoms with Crippen molar-refractivity contribution in [1.29, 1.82) is 0 Å². The summed E-state index contributed by atoms with van der Waals surface area (Å²) in [6.45, 7) is 5.23. The van der Waals surface area contributed by atoms with E-state index in [4.69, 9.17) is 0 Å². The van der Waals surface area contributed by atoms with Gasteiger partial charge in [0.15, 0.2) is 5.96 Å². The van der Waals surface area contributed by atoms with Gasteiger partial charge in [-0.05, 0) is 18.4 Å². The third-order valence-corrected chi connectivity index (χ3v) is 2.85. The van der Waals surface area contributed by atoms with Crippen molar-refractivity contribution in [2.75, 3.05) is 27.7 Å². The lowest BCUT2D eigenvalue weighted by Crippen LogP contribution is -2.38. The Balaban J connectivity index is 2.55. The van der Waals surface area contributed by atoms with E-state index in [1.54, 1.807) is 7.05 Å². The summed E-state index contributed by atoms with van der Waals surface area (Å²) in [5, 5.41) is 3.36. The third kappa shape index (κ3) is 4.10. The Bertz CT molecular complexity index is 366. The second-order valence-electron chi connectivity index (χ2n) is 4.63. The number of nitrogens with one attached hydrogen (secondary N) is 1. The van der Waals surface area contributed by atoms with Crippen molar-refractivity contribution in [3.8, 4) is 0 Å². The minimum Gasteiger partial charge on any atom is -0.356 e. The molecule has 1 rings (SSSR count). The molecule has 94 valence electrons. The topological polar surface area (TPSA) is 27.6 Å². The van der Waals surface area contributed by atoms with Crippen LogP contribution in [0.4, 0.5) is 0 Å². The summed E-state index contributed by atoms with van der Waals surface area (Å²) >= 11 is 0. The molecule has 0 amide bonds. The van der Waals surface area contributed by atoms with E-state index in [1.165, 1.54) is 11.1 Å². The van der Waals surface area contributed by atoms with Crippen LogP contribution < -0.4 is 5.32 Å². The van der Waals surface area contributed by atoms with Gasteiger partial charge in [-0.2, -0.15) is 0 Å². The molecule has 1 N–H and O–H groups in total. The SMILES string of the molecule is CN=C(NCC(C)c1ccc(C)cc1)N(C)C. The lowest BCUT2D eigenvalue weighted by Gasteiger charge is -2.20. The molecule has 0 heterocycles. The smallest absolute Gasteiger partial charge is 0.193 e. The Morgan fingerprint density at radius 3 is 2.35 bits per heavy atom. The van der Waals surface area contributed by atoms with Crippen molar-refractivity contribution in [1.82, 2.24) is 10.2 Å². The molecule has 3 heteroatoms. The first kappa shape index (κ1) is 13.6. The molecule has 0 aliphatic heterocycles. The molecule has 0 spiro atoms. The summed E-state index contributed by atoms with van der Waals surface area (Å²) in [7, 11) is 5.79. The number of benzene rings is 1. The molecule has 1 aromatic carbocycles. The minimum absolute atomic E-state index is 0.479. The van der Waals surface area contributed by atoms with E-state index >= 15 is 0 Å². The van der Waals surface area contributed by atoms with Gasteiger partial charge in [-0.3, -0.25) is 4.99 Å². The zero-order valence-corrected chi connectivity index (χ0v) is 11.5. The average molecular weight is 233 g/mol. The average Bonchev–Trinajstić information content (AvgIpc) is 2.30. The van der Waals surface area contributed by atoms with Crippen LogP contribution in [0, 0.1) is 6.92 Å². The number of nitrogens with zero attached hydrogens (tertiary/aromatic N) is 2. The fourth-order valence-electron chi connectivity index (χ4n) is 1.69. The molecule has 0 aliphatic carbocycles. The van der Waals surface area contributed by atoms with E-state index in [-0.39, 0.29) is 0 Å². The fourth-order valence-corrected chi connectivity index (χ4v) is 1.69. The third-order valence-electron chi connectivity index (χ3n) is 2.85. The van der Waals surface area contributed by atoms with E-state index in [0.717, 1.165) is 12.5 Å². The molecule has 0 aliphatic rings. The quantitative estimate of drug-likeness (QED) is 0.640. The van der Waals surface area contributed by atoms with Gasteiger partial charge < -0.3 is 10.2 Å². The number of aliphatic imine (C=N–C) groups is 1. The zero-order valence-electron chi connectivity index (χ0n) is 11.5. The van der Waals surface area contributed by atoms with Gasteiger partial charge in [0.2, 0.25) is 0 Å². The maximum absolute atomic E-state index is 4.20. The summed E-state index contributed by atoms with van der Waals surface area (Å²) in [5.41, 5.74) is 2.66. The van der Waals surface area contributed by atoms with Gasteiger partial charge >= 0.3 is 0 Å². The lowest BCUT2D eigenvalue weighted by atomic mass is 10.0. The summed E-state index contributed by atoms with van der Waals surface area (Å²) < 4.78 is 0. The number of hydrogen-bond donors (Lipinski definition) is 1. The molecule has 3 nitrogen and oxygen atoms in total. The first-order chi connectivity index (χ1) is 8.04. The first-order valence-electron chi connectivity index (χ1n) is 5.99. The molecule has 0 fully saturated rings. The summed E-state index contributed by atoms with van der Waals surface area (Å²) in [4.78, 5) is 6.19. The molecule has 1 aromatic rings. The van der Waals surface area contributed by atoms with Crippen LogP contribution in [0.5, 0.6) is 0 Å². The van der Waals surface area contributed by atoms with Crippen LogP contribution in [-0.4, -0.2) is 38.5 Å². The zero-order chi connectivity index (χ0) is 12.8. The van der Waals surface area contributed by atoms with Crippen molar-refractivity contribution in [2.45, 2.75) is 19.8 Å². The van der Waals surface area contributed by atoms with Gasteiger partial charge in [0.1, 0.15) is 0 Å². The van der Waals surface area contributed by atoms with Crippen molar-refractivity contribution in [3.05, 3.63) is 35.4 Å². The van der Waals surface area contributed by atoms with Crippen LogP contribution >= 0.6 is 0 Å². The highest BCUT2D eigenvalue weighted by Gasteiger charge is 2.07. The standard InChI is InChI=1S/C14H23N3/c1-11-6-8-13(9-7-11)12(2)10-16-14(15-3)17(4)5/h6-9,12H,10H2,1-5H3,(H,15,16). The molecule has 17 heavy (non-hydrogen) atoms. The van der Waals surface area contributed by atoms with Gasteiger partial charge in [-0.25, -0.2) is 0 Å². The Morgan fingerprint density at radius 2 is 1.88 bits per heavy atom. The van der Waals surface area contributed by atoms with Crippen LogP contribution in [0.15, 0.2) is 29.3 Å². The molecule has 1 unspecified atom stereocenters. The van der Waals surface area contributed by atoms with Crippen LogP contribution in [-0.2, 0) is 0 Å². The fraction of sp³-hybridized carbons (Fsp3) is 0.500. The van der Waals surface area contributed by atoms with E-state index < -0.39 is 0 Å². The molecule has 0 radical (unpaired) electrons. The lowest BCUT2D eigenvalue weighted by molar-refractivity contribution is 0.571. The summed E-state index contributed by atoms with van der Waals surface area (Å²) in [5.74, 6) is 1.40. The Morgan fingerprint density at radius 1 is 1.29 bits per heavy atom. The summed E-state index contributed by atoms with van der Waals surface area (Å²) in [6, 6.07) is 8.71. The second kappa shape index (κ2) is 6.28. The normalized spacial score (nSPS) is 13.4. The van der Waals surface area contributed by atoms with E-state index in [0.29, 0.717) is 5.92 Å². The van der Waals surface area contributed by atoms with Gasteiger partial charge in [-0.15, -0.1) is 0 Å². The van der Waals surface area contributed by atoms with E-state index in [2.05, 4.69) is 48.4 Å². The van der Waals surface area contributed by atoms with E-state index in [1.807, 2.05) is 19.0 Å². The second-order valence-corrected chi connectivity index (χ2v) is 4.63. The predicted molar refractivity (Wildman–Crippen MR) is 74.6 cm³/mol. The minimum atomic E-state index is 0.479. The predicted octanol–water partition coefficient (Wildman–Crippen LogP) is 2.24. The highest BCUT2D eigenvalue weighted by molar-refractivity contribution is 5.79. The van der Waals surface area contributed by atoms with Crippen molar-refractivity contribution < 1.29 is 0 Å². The molecule has 0 aromatic heterocycles. The van der Waals surface area contributed by atoms with Crippen LogP contribution in [0.25, 0.3) is 0 Å². The van der Waals surface area contributed by atoms with Crippen molar-refractivity contribution in [3.63, 3.8) is 0 Å². The molecule has 0 saturated heterocycles. The number of aryl methyl sites for hydroxylation is 1. The van der Waals surface area contributed by atoms with Crippen LogP contribution in [0.3, 0.4) is 0 Å². The summed E-state index contributed by atoms with van der Waals surface area (Å²) in [6.07, 6.45) is 0. The number of rotatable bonds is 3. The molecule has 0 bridgehead atoms. The van der Waals surface area contributed by atoms with Crippen LogP contribution in [0.1, 0.15) is 24.0 Å². The number of guanidine groups is 1. The molecule has 1 atom stereocenters. The molecular formula is C14H23N3. The van der Waals surface area contributed by atoms with Gasteiger partial charge in [0.05, 0.1) is 0 Å². The molecular weight excluding hydrogens is 210 g/mol. The Kier molecular flexibility index (Phi) is 5.01. The van der Waals surface area contributed by atoms with Gasteiger partial charge in [0.25, 0.3) is 0 Å². The highest BCUT2D eigenvalue weighted by atomic mass is 15.3. The largest absolute Gasteiger partial charge is 0.356 e. The maximum atomic E-state index is 4.20. The monoisotopic (exact) mass is 233 g/mol. The van der Waals surface area contributed by atoms with Crippen LogP contribution in [0.2, 0.25) is 0 Å². The maximum Gasteiger partial charge on any atom is 0.193 e. The van der Waals surface area contributed by atoms with Gasteiger partial charge in [0, 0.05) is 27.7 Å². The van der Waals surface area contributed by atoms with Gasteiger partial charge in [-0.1, -0.05) is 36.8 Å². The Labute approximate surface area is 105 Å². The number of hydrogen-bond acceptors (Lipinski definition) is 1. The van der Waals surface area contributed by atoms with Crippen molar-refractivity contribution in [2.24, 2.45) is 4.99 Å². The Hall–Kier alpha value is -1.51. The first-order valence-corrected chi connectivity index (χ1v) is 5.99. The van der Waals surface area contributed by atoms with Crippen molar-refractivity contribution >= 4 is 5.96 Å². The van der Waals surface area contributed by atoms with E-state index in [9.17, 15) is 0 Å².